The molecule has 0 N–H and O–H groups in total. The van der Waals surface area contributed by atoms with E-state index in [1.165, 1.54) is 0 Å². The van der Waals surface area contributed by atoms with Gasteiger partial charge in [0, 0.05) is 27.3 Å². The zero-order chi connectivity index (χ0) is 27.6. The lowest BCUT2D eigenvalue weighted by molar-refractivity contribution is 1.19. The lowest BCUT2D eigenvalue weighted by Gasteiger charge is -2.15. The van der Waals surface area contributed by atoms with Crippen LogP contribution in [0.15, 0.2) is 152 Å². The number of nitrogens with zero attached hydrogens (tertiary/aromatic N) is 2. The smallest absolute Gasteiger partial charge is 0.160 e. The highest BCUT2D eigenvalue weighted by molar-refractivity contribution is 6.33. The first-order valence-corrected chi connectivity index (χ1v) is 14.0. The van der Waals surface area contributed by atoms with Crippen LogP contribution in [0, 0.1) is 0 Å². The van der Waals surface area contributed by atoms with E-state index in [4.69, 9.17) is 21.6 Å². The van der Waals surface area contributed by atoms with Crippen LogP contribution in [0.2, 0.25) is 5.02 Å². The molecule has 0 aliphatic rings. The van der Waals surface area contributed by atoms with E-state index in [1.54, 1.807) is 0 Å². The lowest BCUT2D eigenvalue weighted by atomic mass is 9.93. The zero-order valence-corrected chi connectivity index (χ0v) is 23.0. The molecule has 1 heterocycles. The van der Waals surface area contributed by atoms with Gasteiger partial charge in [0.05, 0.1) is 11.4 Å². The molecular weight excluding hydrogens is 520 g/mol. The standard InChI is InChI=1S/C38H25ClN2/c39-35-22-12-11-20-32(35)29-23-28-17-7-8-19-31(28)34(24-29)37-25-36(40-38(41-37)27-15-5-2-6-16-27)33-21-10-9-18-30(33)26-13-3-1-4-14-26/h1-25H. The molecule has 0 unspecified atom stereocenters. The molecule has 0 bridgehead atoms. The van der Waals surface area contributed by atoms with Crippen LogP contribution in [0.25, 0.3) is 66.9 Å². The summed E-state index contributed by atoms with van der Waals surface area (Å²) in [5.74, 6) is 0.688. The van der Waals surface area contributed by atoms with E-state index in [-0.39, 0.29) is 0 Å². The minimum atomic E-state index is 0.688. The monoisotopic (exact) mass is 544 g/mol. The van der Waals surface area contributed by atoms with Crippen LogP contribution >= 0.6 is 11.6 Å². The number of hydrogen-bond acceptors (Lipinski definition) is 2. The number of rotatable bonds is 5. The Labute approximate surface area is 244 Å². The van der Waals surface area contributed by atoms with Crippen molar-refractivity contribution in [1.29, 1.82) is 0 Å². The molecule has 6 aromatic carbocycles. The van der Waals surface area contributed by atoms with Gasteiger partial charge in [0.15, 0.2) is 5.82 Å². The minimum Gasteiger partial charge on any atom is -0.228 e. The summed E-state index contributed by atoms with van der Waals surface area (Å²) in [6.07, 6.45) is 0. The molecule has 1 aromatic heterocycles. The Morgan fingerprint density at radius 1 is 0.390 bits per heavy atom. The maximum Gasteiger partial charge on any atom is 0.160 e. The summed E-state index contributed by atoms with van der Waals surface area (Å²) in [7, 11) is 0. The van der Waals surface area contributed by atoms with Crippen LogP contribution in [0.3, 0.4) is 0 Å². The van der Waals surface area contributed by atoms with Crippen molar-refractivity contribution >= 4 is 22.4 Å². The van der Waals surface area contributed by atoms with Crippen LogP contribution < -0.4 is 0 Å². The molecule has 0 amide bonds. The van der Waals surface area contributed by atoms with Gasteiger partial charge in [0.25, 0.3) is 0 Å². The Morgan fingerprint density at radius 2 is 0.951 bits per heavy atom. The lowest BCUT2D eigenvalue weighted by Crippen LogP contribution is -1.98. The molecule has 194 valence electrons. The van der Waals surface area contributed by atoms with Gasteiger partial charge in [-0.1, -0.05) is 139 Å². The quantitative estimate of drug-likeness (QED) is 0.215. The highest BCUT2D eigenvalue weighted by atomic mass is 35.5. The molecule has 2 nitrogen and oxygen atoms in total. The summed E-state index contributed by atoms with van der Waals surface area (Å²) in [6.45, 7) is 0. The third-order valence-electron chi connectivity index (χ3n) is 7.37. The maximum absolute atomic E-state index is 6.67. The van der Waals surface area contributed by atoms with Gasteiger partial charge < -0.3 is 0 Å². The van der Waals surface area contributed by atoms with Crippen molar-refractivity contribution in [2.75, 3.05) is 0 Å². The molecule has 0 atom stereocenters. The van der Waals surface area contributed by atoms with Crippen molar-refractivity contribution in [2.45, 2.75) is 0 Å². The van der Waals surface area contributed by atoms with E-state index in [2.05, 4.69) is 109 Å². The number of hydrogen-bond donors (Lipinski definition) is 0. The van der Waals surface area contributed by atoms with Gasteiger partial charge in [-0.15, -0.1) is 0 Å². The molecule has 0 saturated heterocycles. The average molecular weight is 545 g/mol. The summed E-state index contributed by atoms with van der Waals surface area (Å²) in [6, 6.07) is 52.0. The molecule has 41 heavy (non-hydrogen) atoms. The van der Waals surface area contributed by atoms with Gasteiger partial charge in [-0.25, -0.2) is 9.97 Å². The van der Waals surface area contributed by atoms with Crippen molar-refractivity contribution in [1.82, 2.24) is 9.97 Å². The second kappa shape index (κ2) is 10.8. The Morgan fingerprint density at radius 3 is 1.68 bits per heavy atom. The molecule has 0 saturated carbocycles. The van der Waals surface area contributed by atoms with E-state index in [1.807, 2.05) is 42.5 Å². The van der Waals surface area contributed by atoms with Crippen molar-refractivity contribution in [3.05, 3.63) is 157 Å². The second-order valence-electron chi connectivity index (χ2n) is 9.96. The summed E-state index contributed by atoms with van der Waals surface area (Å²) in [4.78, 5) is 10.3. The zero-order valence-electron chi connectivity index (χ0n) is 22.2. The Balaban J connectivity index is 1.51. The summed E-state index contributed by atoms with van der Waals surface area (Å²) in [5, 5.41) is 2.98. The van der Waals surface area contributed by atoms with Crippen LogP contribution in [-0.4, -0.2) is 9.97 Å². The topological polar surface area (TPSA) is 25.8 Å². The van der Waals surface area contributed by atoms with E-state index in [0.717, 1.165) is 66.1 Å². The predicted octanol–water partition coefficient (Wildman–Crippen LogP) is 10.6. The Bertz CT molecular complexity index is 2000. The van der Waals surface area contributed by atoms with Crippen molar-refractivity contribution < 1.29 is 0 Å². The number of aromatic nitrogens is 2. The van der Waals surface area contributed by atoms with Crippen LogP contribution in [0.4, 0.5) is 0 Å². The van der Waals surface area contributed by atoms with Gasteiger partial charge in [0.2, 0.25) is 0 Å². The van der Waals surface area contributed by atoms with Crippen LogP contribution in [0.1, 0.15) is 0 Å². The van der Waals surface area contributed by atoms with Gasteiger partial charge >= 0.3 is 0 Å². The van der Waals surface area contributed by atoms with Crippen molar-refractivity contribution in [3.63, 3.8) is 0 Å². The molecule has 7 rings (SSSR count). The van der Waals surface area contributed by atoms with Gasteiger partial charge in [-0.2, -0.15) is 0 Å². The van der Waals surface area contributed by atoms with Crippen LogP contribution in [-0.2, 0) is 0 Å². The first-order valence-electron chi connectivity index (χ1n) is 13.6. The molecule has 0 radical (unpaired) electrons. The normalized spacial score (nSPS) is 11.0. The Hall–Kier alpha value is -5.05. The summed E-state index contributed by atoms with van der Waals surface area (Å²) in [5.41, 5.74) is 9.13. The SMILES string of the molecule is Clc1ccccc1-c1cc(-c2cc(-c3ccccc3-c3ccccc3)nc(-c3ccccc3)n2)c2ccccc2c1. The first-order chi connectivity index (χ1) is 20.2. The number of benzene rings is 6. The third-order valence-corrected chi connectivity index (χ3v) is 7.70. The third kappa shape index (κ3) is 4.91. The fraction of sp³-hybridized carbons (Fsp3) is 0. The molecular formula is C38H25ClN2. The predicted molar refractivity (Wildman–Crippen MR) is 172 cm³/mol. The molecule has 0 aliphatic heterocycles. The fourth-order valence-corrected chi connectivity index (χ4v) is 5.63. The Kier molecular flexibility index (Phi) is 6.60. The fourth-order valence-electron chi connectivity index (χ4n) is 5.39. The molecule has 3 heteroatoms. The molecule has 7 aromatic rings. The van der Waals surface area contributed by atoms with Crippen molar-refractivity contribution in [3.8, 4) is 56.2 Å². The van der Waals surface area contributed by atoms with Gasteiger partial charge in [0.1, 0.15) is 0 Å². The van der Waals surface area contributed by atoms with E-state index in [9.17, 15) is 0 Å². The van der Waals surface area contributed by atoms with Gasteiger partial charge in [-0.05, 0) is 51.7 Å². The largest absolute Gasteiger partial charge is 0.228 e. The van der Waals surface area contributed by atoms with E-state index >= 15 is 0 Å². The second-order valence-corrected chi connectivity index (χ2v) is 10.4. The first kappa shape index (κ1) is 25.0. The minimum absolute atomic E-state index is 0.688. The molecule has 0 aliphatic carbocycles. The van der Waals surface area contributed by atoms with E-state index in [0.29, 0.717) is 5.82 Å². The average Bonchev–Trinajstić information content (AvgIpc) is 3.05. The maximum atomic E-state index is 6.67. The molecule has 0 spiro atoms. The van der Waals surface area contributed by atoms with Crippen LogP contribution in [0.5, 0.6) is 0 Å². The number of fused-ring (bicyclic) bond motifs is 1. The highest BCUT2D eigenvalue weighted by Gasteiger charge is 2.16. The highest BCUT2D eigenvalue weighted by Crippen LogP contribution is 2.39. The summed E-state index contributed by atoms with van der Waals surface area (Å²) >= 11 is 6.67. The molecule has 0 fully saturated rings. The van der Waals surface area contributed by atoms with Gasteiger partial charge in [-0.3, -0.25) is 0 Å². The van der Waals surface area contributed by atoms with Crippen molar-refractivity contribution in [2.24, 2.45) is 0 Å². The van der Waals surface area contributed by atoms with E-state index < -0.39 is 0 Å². The summed E-state index contributed by atoms with van der Waals surface area (Å²) < 4.78 is 0. The number of halogens is 1.